The highest BCUT2D eigenvalue weighted by atomic mass is 16.2. The number of hydrogen-bond acceptors (Lipinski definition) is 2. The Morgan fingerprint density at radius 2 is 2.00 bits per heavy atom. The van der Waals surface area contributed by atoms with Crippen LogP contribution in [-0.4, -0.2) is 25.0 Å². The minimum Gasteiger partial charge on any atom is -0.354 e. The fraction of sp³-hybridized carbons (Fsp3) is 0.938. The van der Waals surface area contributed by atoms with E-state index < -0.39 is 0 Å². The maximum absolute atomic E-state index is 12.4. The summed E-state index contributed by atoms with van der Waals surface area (Å²) >= 11 is 0. The molecule has 1 saturated heterocycles. The predicted octanol–water partition coefficient (Wildman–Crippen LogP) is 2.32. The van der Waals surface area contributed by atoms with Crippen molar-refractivity contribution in [1.82, 2.24) is 10.6 Å². The van der Waals surface area contributed by atoms with Crippen LogP contribution >= 0.6 is 0 Å². The van der Waals surface area contributed by atoms with Crippen LogP contribution in [0.1, 0.15) is 51.9 Å². The number of nitrogens with one attached hydrogen (secondary N) is 2. The van der Waals surface area contributed by atoms with Crippen molar-refractivity contribution in [1.29, 1.82) is 0 Å². The quantitative estimate of drug-likeness (QED) is 0.821. The van der Waals surface area contributed by atoms with Crippen molar-refractivity contribution in [2.24, 2.45) is 23.7 Å². The molecule has 0 radical (unpaired) electrons. The standard InChI is InChI=1S/C16H28N2O/c1-11-5-2-3-6-12(11)9-18-16(19)15-14-8-4-7-13(14)10-17-15/h11-15,17H,2-10H2,1H3,(H,18,19). The molecule has 2 aliphatic carbocycles. The van der Waals surface area contributed by atoms with Crippen LogP contribution in [0.15, 0.2) is 0 Å². The molecule has 1 amide bonds. The van der Waals surface area contributed by atoms with Crippen LogP contribution in [0.3, 0.4) is 0 Å². The summed E-state index contributed by atoms with van der Waals surface area (Å²) in [5, 5.41) is 6.68. The number of amides is 1. The van der Waals surface area contributed by atoms with E-state index in [4.69, 9.17) is 0 Å². The van der Waals surface area contributed by atoms with Crippen LogP contribution in [-0.2, 0) is 4.79 Å². The molecule has 3 aliphatic rings. The Bertz CT molecular complexity index is 331. The summed E-state index contributed by atoms with van der Waals surface area (Å²) < 4.78 is 0. The summed E-state index contributed by atoms with van der Waals surface area (Å²) in [5.41, 5.74) is 0. The highest BCUT2D eigenvalue weighted by Gasteiger charge is 2.42. The molecule has 0 aromatic rings. The topological polar surface area (TPSA) is 41.1 Å². The molecule has 2 N–H and O–H groups in total. The number of carbonyl (C=O) groups is 1. The van der Waals surface area contributed by atoms with E-state index in [1.807, 2.05) is 0 Å². The third-order valence-corrected chi connectivity index (χ3v) is 5.86. The van der Waals surface area contributed by atoms with Crippen LogP contribution in [0.4, 0.5) is 0 Å². The monoisotopic (exact) mass is 264 g/mol. The fourth-order valence-corrected chi connectivity index (χ4v) is 4.51. The van der Waals surface area contributed by atoms with Crippen LogP contribution in [0.2, 0.25) is 0 Å². The summed E-state index contributed by atoms with van der Waals surface area (Å²) in [6, 6.07) is 0.103. The van der Waals surface area contributed by atoms with E-state index in [9.17, 15) is 4.79 Å². The molecule has 3 nitrogen and oxygen atoms in total. The predicted molar refractivity (Wildman–Crippen MR) is 76.8 cm³/mol. The van der Waals surface area contributed by atoms with E-state index in [0.717, 1.165) is 24.9 Å². The molecular formula is C16H28N2O. The zero-order valence-electron chi connectivity index (χ0n) is 12.2. The van der Waals surface area contributed by atoms with E-state index in [1.54, 1.807) is 0 Å². The molecule has 0 aromatic heterocycles. The van der Waals surface area contributed by atoms with E-state index in [0.29, 0.717) is 11.8 Å². The van der Waals surface area contributed by atoms with E-state index >= 15 is 0 Å². The Morgan fingerprint density at radius 1 is 1.16 bits per heavy atom. The van der Waals surface area contributed by atoms with Crippen LogP contribution < -0.4 is 10.6 Å². The lowest BCUT2D eigenvalue weighted by Gasteiger charge is -2.29. The lowest BCUT2D eigenvalue weighted by atomic mass is 9.80. The molecule has 1 aliphatic heterocycles. The van der Waals surface area contributed by atoms with Gasteiger partial charge in [-0.05, 0) is 49.5 Å². The van der Waals surface area contributed by atoms with Crippen molar-refractivity contribution < 1.29 is 4.79 Å². The Morgan fingerprint density at radius 3 is 2.84 bits per heavy atom. The summed E-state index contributed by atoms with van der Waals surface area (Å²) in [6.45, 7) is 4.30. The number of carbonyl (C=O) groups excluding carboxylic acids is 1. The van der Waals surface area contributed by atoms with Gasteiger partial charge in [-0.15, -0.1) is 0 Å². The maximum Gasteiger partial charge on any atom is 0.237 e. The lowest BCUT2D eigenvalue weighted by Crippen LogP contribution is -2.46. The summed E-state index contributed by atoms with van der Waals surface area (Å²) in [4.78, 5) is 12.4. The SMILES string of the molecule is CC1CCCCC1CNC(=O)C1NCC2CCCC21. The van der Waals surface area contributed by atoms with Gasteiger partial charge in [0.2, 0.25) is 5.91 Å². The highest BCUT2D eigenvalue weighted by Crippen LogP contribution is 2.37. The van der Waals surface area contributed by atoms with Crippen molar-refractivity contribution in [3.63, 3.8) is 0 Å². The molecule has 5 unspecified atom stereocenters. The maximum atomic E-state index is 12.4. The second kappa shape index (κ2) is 5.82. The lowest BCUT2D eigenvalue weighted by molar-refractivity contribution is -0.124. The molecule has 3 rings (SSSR count). The first-order chi connectivity index (χ1) is 9.25. The van der Waals surface area contributed by atoms with Gasteiger partial charge in [0.1, 0.15) is 0 Å². The molecule has 2 saturated carbocycles. The number of hydrogen-bond donors (Lipinski definition) is 2. The van der Waals surface area contributed by atoms with Crippen LogP contribution in [0.25, 0.3) is 0 Å². The third kappa shape index (κ3) is 2.81. The van der Waals surface area contributed by atoms with Gasteiger partial charge in [0.15, 0.2) is 0 Å². The Labute approximate surface area is 116 Å². The number of rotatable bonds is 3. The van der Waals surface area contributed by atoms with Crippen molar-refractivity contribution in [3.8, 4) is 0 Å². The van der Waals surface area contributed by atoms with Gasteiger partial charge in [-0.2, -0.15) is 0 Å². The smallest absolute Gasteiger partial charge is 0.237 e. The average Bonchev–Trinajstić information content (AvgIpc) is 2.99. The van der Waals surface area contributed by atoms with Crippen molar-refractivity contribution in [2.75, 3.05) is 13.1 Å². The molecule has 19 heavy (non-hydrogen) atoms. The third-order valence-electron chi connectivity index (χ3n) is 5.86. The summed E-state index contributed by atoms with van der Waals surface area (Å²) in [5.74, 6) is 3.14. The largest absolute Gasteiger partial charge is 0.354 e. The molecule has 3 heteroatoms. The summed E-state index contributed by atoms with van der Waals surface area (Å²) in [7, 11) is 0. The fourth-order valence-electron chi connectivity index (χ4n) is 4.51. The first-order valence-electron chi connectivity index (χ1n) is 8.27. The molecule has 3 fully saturated rings. The van der Waals surface area contributed by atoms with E-state index in [-0.39, 0.29) is 11.9 Å². The van der Waals surface area contributed by atoms with Crippen molar-refractivity contribution >= 4 is 5.91 Å². The second-order valence-corrected chi connectivity index (χ2v) is 7.01. The van der Waals surface area contributed by atoms with Gasteiger partial charge < -0.3 is 10.6 Å². The van der Waals surface area contributed by atoms with Gasteiger partial charge in [0, 0.05) is 6.54 Å². The molecule has 0 spiro atoms. The van der Waals surface area contributed by atoms with E-state index in [2.05, 4.69) is 17.6 Å². The minimum absolute atomic E-state index is 0.103. The van der Waals surface area contributed by atoms with Crippen molar-refractivity contribution in [3.05, 3.63) is 0 Å². The highest BCUT2D eigenvalue weighted by molar-refractivity contribution is 5.82. The molecule has 1 heterocycles. The van der Waals surface area contributed by atoms with Gasteiger partial charge in [-0.3, -0.25) is 4.79 Å². The second-order valence-electron chi connectivity index (χ2n) is 7.01. The van der Waals surface area contributed by atoms with Crippen molar-refractivity contribution in [2.45, 2.75) is 57.9 Å². The van der Waals surface area contributed by atoms with Crippen LogP contribution in [0, 0.1) is 23.7 Å². The minimum atomic E-state index is 0.103. The average molecular weight is 264 g/mol. The molecule has 0 bridgehead atoms. The zero-order chi connectivity index (χ0) is 13.2. The molecule has 5 atom stereocenters. The van der Waals surface area contributed by atoms with Gasteiger partial charge in [0.25, 0.3) is 0 Å². The van der Waals surface area contributed by atoms with E-state index in [1.165, 1.54) is 44.9 Å². The normalized spacial score (nSPS) is 42.1. The first-order valence-corrected chi connectivity index (χ1v) is 8.27. The Hall–Kier alpha value is -0.570. The van der Waals surface area contributed by atoms with Crippen LogP contribution in [0.5, 0.6) is 0 Å². The van der Waals surface area contributed by atoms with Gasteiger partial charge in [-0.1, -0.05) is 32.6 Å². The molecular weight excluding hydrogens is 236 g/mol. The Balaban J connectivity index is 1.48. The van der Waals surface area contributed by atoms with Gasteiger partial charge >= 0.3 is 0 Å². The number of fused-ring (bicyclic) bond motifs is 1. The zero-order valence-corrected chi connectivity index (χ0v) is 12.2. The Kier molecular flexibility index (Phi) is 4.11. The van der Waals surface area contributed by atoms with Gasteiger partial charge in [0.05, 0.1) is 6.04 Å². The molecule has 108 valence electrons. The van der Waals surface area contributed by atoms with Gasteiger partial charge in [-0.25, -0.2) is 0 Å². The summed E-state index contributed by atoms with van der Waals surface area (Å²) in [6.07, 6.45) is 9.24. The molecule has 0 aromatic carbocycles. The first kappa shape index (κ1) is 13.4.